The molecule has 5 aromatic rings. The van der Waals surface area contributed by atoms with Crippen LogP contribution in [0.25, 0.3) is 16.7 Å². The number of nitriles is 1. The van der Waals surface area contributed by atoms with Gasteiger partial charge in [0.1, 0.15) is 11.9 Å². The zero-order chi connectivity index (χ0) is 25.4. The molecule has 37 heavy (non-hydrogen) atoms. The number of anilines is 1. The van der Waals surface area contributed by atoms with Gasteiger partial charge in [0.2, 0.25) is 0 Å². The van der Waals surface area contributed by atoms with Gasteiger partial charge in [-0.05, 0) is 42.7 Å². The number of hydrogen-bond acceptors (Lipinski definition) is 4. The summed E-state index contributed by atoms with van der Waals surface area (Å²) >= 11 is 0. The molecular formula is C32H31N5. The van der Waals surface area contributed by atoms with Crippen molar-refractivity contribution in [3.63, 3.8) is 0 Å². The van der Waals surface area contributed by atoms with E-state index in [0.717, 1.165) is 61.4 Å². The molecule has 0 saturated carbocycles. The summed E-state index contributed by atoms with van der Waals surface area (Å²) in [6.07, 6.45) is 0.781. The topological polar surface area (TPSA) is 47.6 Å². The van der Waals surface area contributed by atoms with Crippen molar-refractivity contribution < 1.29 is 0 Å². The number of imidazole rings is 1. The lowest BCUT2D eigenvalue weighted by Crippen LogP contribution is -2.47. The summed E-state index contributed by atoms with van der Waals surface area (Å²) in [5.41, 5.74) is 9.53. The van der Waals surface area contributed by atoms with E-state index in [2.05, 4.69) is 101 Å². The van der Waals surface area contributed by atoms with Gasteiger partial charge in [-0.3, -0.25) is 9.30 Å². The van der Waals surface area contributed by atoms with Crippen molar-refractivity contribution in [1.82, 2.24) is 14.3 Å². The smallest absolute Gasteiger partial charge is 0.157 e. The molecule has 0 atom stereocenters. The number of aromatic nitrogens is 2. The van der Waals surface area contributed by atoms with E-state index in [0.29, 0.717) is 5.56 Å². The number of fused-ring (bicyclic) bond motifs is 3. The standard InChI is InChI=1S/C32H31N5/c1-23-12-14-25(15-13-23)20-27-24(2)28(21-33)31-34-29-10-6-7-11-30(29)37(31)32(27)36-18-16-35(17-19-36)22-26-8-4-3-5-9-26/h3-15H,16-20,22H2,1-2H3. The second-order valence-electron chi connectivity index (χ2n) is 10.1. The van der Waals surface area contributed by atoms with Crippen molar-refractivity contribution >= 4 is 22.5 Å². The van der Waals surface area contributed by atoms with Crippen LogP contribution in [0.2, 0.25) is 0 Å². The first kappa shape index (κ1) is 23.3. The van der Waals surface area contributed by atoms with Gasteiger partial charge in [-0.25, -0.2) is 4.98 Å². The SMILES string of the molecule is Cc1ccc(Cc2c(C)c(C#N)c3nc4ccccc4n3c2N2CCN(Cc3ccccc3)CC2)cc1. The second kappa shape index (κ2) is 9.72. The van der Waals surface area contributed by atoms with E-state index in [4.69, 9.17) is 4.98 Å². The minimum Gasteiger partial charge on any atom is -0.355 e. The Hall–Kier alpha value is -4.14. The minimum absolute atomic E-state index is 0.671. The fraction of sp³-hybridized carbons (Fsp3) is 0.250. The number of benzene rings is 3. The van der Waals surface area contributed by atoms with Crippen molar-refractivity contribution in [3.8, 4) is 6.07 Å². The zero-order valence-electron chi connectivity index (χ0n) is 21.5. The van der Waals surface area contributed by atoms with E-state index in [1.54, 1.807) is 0 Å². The van der Waals surface area contributed by atoms with Gasteiger partial charge >= 0.3 is 0 Å². The third-order valence-corrected chi connectivity index (χ3v) is 7.63. The lowest BCUT2D eigenvalue weighted by Gasteiger charge is -2.38. The molecule has 5 nitrogen and oxygen atoms in total. The molecule has 6 rings (SSSR count). The molecule has 0 amide bonds. The van der Waals surface area contributed by atoms with Gasteiger partial charge in [0.15, 0.2) is 5.65 Å². The van der Waals surface area contributed by atoms with Crippen LogP contribution >= 0.6 is 0 Å². The van der Waals surface area contributed by atoms with Crippen LogP contribution in [0.1, 0.15) is 33.4 Å². The highest BCUT2D eigenvalue weighted by atomic mass is 15.3. The predicted molar refractivity (Wildman–Crippen MR) is 150 cm³/mol. The van der Waals surface area contributed by atoms with E-state index in [1.165, 1.54) is 28.1 Å². The first-order chi connectivity index (χ1) is 18.1. The number of hydrogen-bond donors (Lipinski definition) is 0. The highest BCUT2D eigenvalue weighted by molar-refractivity contribution is 5.86. The zero-order valence-corrected chi connectivity index (χ0v) is 21.5. The summed E-state index contributed by atoms with van der Waals surface area (Å²) in [6, 6.07) is 30.2. The molecule has 0 bridgehead atoms. The van der Waals surface area contributed by atoms with Gasteiger partial charge in [-0.1, -0.05) is 72.3 Å². The monoisotopic (exact) mass is 485 g/mol. The van der Waals surface area contributed by atoms with Crippen molar-refractivity contribution in [1.29, 1.82) is 5.26 Å². The molecule has 3 heterocycles. The third-order valence-electron chi connectivity index (χ3n) is 7.63. The molecule has 184 valence electrons. The number of nitrogens with zero attached hydrogens (tertiary/aromatic N) is 5. The van der Waals surface area contributed by atoms with Crippen molar-refractivity contribution in [2.24, 2.45) is 0 Å². The van der Waals surface area contributed by atoms with Crippen LogP contribution in [0.15, 0.2) is 78.9 Å². The summed E-state index contributed by atoms with van der Waals surface area (Å²) in [5, 5.41) is 10.2. The Morgan fingerprint density at radius 3 is 2.24 bits per heavy atom. The minimum atomic E-state index is 0.671. The Balaban J connectivity index is 1.46. The first-order valence-corrected chi connectivity index (χ1v) is 13.0. The van der Waals surface area contributed by atoms with Crippen LogP contribution in [0.3, 0.4) is 0 Å². The van der Waals surface area contributed by atoms with Crippen molar-refractivity contribution in [2.75, 3.05) is 31.1 Å². The van der Waals surface area contributed by atoms with Crippen molar-refractivity contribution in [3.05, 3.63) is 112 Å². The van der Waals surface area contributed by atoms with Gasteiger partial charge in [0, 0.05) is 44.7 Å². The van der Waals surface area contributed by atoms with Crippen LogP contribution in [0.5, 0.6) is 0 Å². The summed E-state index contributed by atoms with van der Waals surface area (Å²) in [4.78, 5) is 9.98. The fourth-order valence-electron chi connectivity index (χ4n) is 5.58. The molecule has 0 N–H and O–H groups in total. The molecule has 1 aliphatic heterocycles. The Morgan fingerprint density at radius 1 is 0.811 bits per heavy atom. The Kier molecular flexibility index (Phi) is 6.12. The van der Waals surface area contributed by atoms with Crippen LogP contribution in [0.4, 0.5) is 5.82 Å². The van der Waals surface area contributed by atoms with E-state index < -0.39 is 0 Å². The molecule has 1 aliphatic rings. The third kappa shape index (κ3) is 4.34. The molecule has 0 spiro atoms. The van der Waals surface area contributed by atoms with E-state index in [1.807, 2.05) is 12.1 Å². The molecule has 1 fully saturated rings. The van der Waals surface area contributed by atoms with Gasteiger partial charge < -0.3 is 4.90 Å². The predicted octanol–water partition coefficient (Wildman–Crippen LogP) is 5.89. The lowest BCUT2D eigenvalue weighted by atomic mass is 9.96. The number of pyridine rings is 1. The Labute approximate surface area is 218 Å². The van der Waals surface area contributed by atoms with Gasteiger partial charge in [0.05, 0.1) is 16.6 Å². The number of para-hydroxylation sites is 2. The Bertz CT molecular complexity index is 1600. The fourth-order valence-corrected chi connectivity index (χ4v) is 5.58. The van der Waals surface area contributed by atoms with E-state index in [9.17, 15) is 5.26 Å². The van der Waals surface area contributed by atoms with Gasteiger partial charge in [-0.15, -0.1) is 0 Å². The summed E-state index contributed by atoms with van der Waals surface area (Å²) in [7, 11) is 0. The second-order valence-corrected chi connectivity index (χ2v) is 10.1. The highest BCUT2D eigenvalue weighted by Crippen LogP contribution is 2.35. The summed E-state index contributed by atoms with van der Waals surface area (Å²) in [5.74, 6) is 1.18. The molecule has 3 aromatic carbocycles. The van der Waals surface area contributed by atoms with E-state index >= 15 is 0 Å². The molecule has 2 aromatic heterocycles. The van der Waals surface area contributed by atoms with Crippen LogP contribution in [0, 0.1) is 25.2 Å². The van der Waals surface area contributed by atoms with Gasteiger partial charge in [0.25, 0.3) is 0 Å². The van der Waals surface area contributed by atoms with Crippen LogP contribution < -0.4 is 4.90 Å². The van der Waals surface area contributed by atoms with Crippen molar-refractivity contribution in [2.45, 2.75) is 26.8 Å². The van der Waals surface area contributed by atoms with E-state index in [-0.39, 0.29) is 0 Å². The molecule has 0 radical (unpaired) electrons. The lowest BCUT2D eigenvalue weighted by molar-refractivity contribution is 0.249. The highest BCUT2D eigenvalue weighted by Gasteiger charge is 2.27. The molecule has 5 heteroatoms. The largest absolute Gasteiger partial charge is 0.355 e. The number of aryl methyl sites for hydroxylation is 1. The normalized spacial score (nSPS) is 14.4. The average molecular weight is 486 g/mol. The van der Waals surface area contributed by atoms with Crippen LogP contribution in [-0.2, 0) is 13.0 Å². The quantitative estimate of drug-likeness (QED) is 0.311. The average Bonchev–Trinajstić information content (AvgIpc) is 3.30. The molecule has 1 saturated heterocycles. The Morgan fingerprint density at radius 2 is 1.51 bits per heavy atom. The summed E-state index contributed by atoms with van der Waals surface area (Å²) < 4.78 is 2.25. The molecule has 0 aliphatic carbocycles. The maximum Gasteiger partial charge on any atom is 0.157 e. The maximum absolute atomic E-state index is 10.2. The first-order valence-electron chi connectivity index (χ1n) is 13.0. The summed E-state index contributed by atoms with van der Waals surface area (Å²) in [6.45, 7) is 9.03. The maximum atomic E-state index is 10.2. The molecule has 0 unspecified atom stereocenters. The number of piperazine rings is 1. The molecular weight excluding hydrogens is 454 g/mol. The number of rotatable bonds is 5. The van der Waals surface area contributed by atoms with Crippen LogP contribution in [-0.4, -0.2) is 40.5 Å². The van der Waals surface area contributed by atoms with Gasteiger partial charge in [-0.2, -0.15) is 5.26 Å².